The van der Waals surface area contributed by atoms with Gasteiger partial charge in [0.05, 0.1) is 12.3 Å². The first kappa shape index (κ1) is 18.9. The van der Waals surface area contributed by atoms with E-state index in [4.69, 9.17) is 4.99 Å². The van der Waals surface area contributed by atoms with Crippen LogP contribution in [-0.4, -0.2) is 30.8 Å². The molecule has 146 valence electrons. The van der Waals surface area contributed by atoms with Gasteiger partial charge in [-0.15, -0.1) is 0 Å². The number of aliphatic imine (C=N–C) groups is 1. The Morgan fingerprint density at radius 2 is 1.72 bits per heavy atom. The van der Waals surface area contributed by atoms with Crippen LogP contribution in [0.1, 0.15) is 27.9 Å². The highest BCUT2D eigenvalue weighted by atomic mass is 19.1. The average molecular weight is 387 g/mol. The van der Waals surface area contributed by atoms with Crippen molar-refractivity contribution >= 4 is 17.3 Å². The van der Waals surface area contributed by atoms with Gasteiger partial charge in [0, 0.05) is 35.0 Å². The van der Waals surface area contributed by atoms with Crippen molar-refractivity contribution in [3.8, 4) is 0 Å². The van der Waals surface area contributed by atoms with Crippen molar-refractivity contribution in [2.75, 3.05) is 18.4 Å². The van der Waals surface area contributed by atoms with E-state index < -0.39 is 0 Å². The topological polar surface area (TPSA) is 53.5 Å². The Kier molecular flexibility index (Phi) is 5.66. The van der Waals surface area contributed by atoms with Crippen molar-refractivity contribution in [3.63, 3.8) is 0 Å². The Hall–Kier alpha value is -3.47. The number of hydrogen-bond donors (Lipinski definition) is 2. The molecule has 4 rings (SSSR count). The molecule has 0 aliphatic carbocycles. The number of rotatable bonds is 5. The summed E-state index contributed by atoms with van der Waals surface area (Å²) in [7, 11) is 0. The maximum absolute atomic E-state index is 13.0. The summed E-state index contributed by atoms with van der Waals surface area (Å²) in [5.74, 6) is -0.553. The average Bonchev–Trinajstić information content (AvgIpc) is 2.94. The van der Waals surface area contributed by atoms with Crippen LogP contribution in [0.25, 0.3) is 0 Å². The number of carbonyl (C=O) groups excluding carboxylic acids is 1. The normalized spacial score (nSPS) is 15.5. The van der Waals surface area contributed by atoms with Gasteiger partial charge in [-0.1, -0.05) is 48.5 Å². The summed E-state index contributed by atoms with van der Waals surface area (Å²) in [5, 5.41) is 6.47. The van der Waals surface area contributed by atoms with E-state index in [1.165, 1.54) is 24.3 Å². The van der Waals surface area contributed by atoms with E-state index in [0.717, 1.165) is 28.9 Å². The second kappa shape index (κ2) is 8.69. The van der Waals surface area contributed by atoms with Gasteiger partial charge in [0.25, 0.3) is 5.91 Å². The van der Waals surface area contributed by atoms with Crippen molar-refractivity contribution in [1.82, 2.24) is 5.32 Å². The maximum Gasteiger partial charge on any atom is 0.251 e. The lowest BCUT2D eigenvalue weighted by Crippen LogP contribution is -2.31. The Morgan fingerprint density at radius 1 is 1.00 bits per heavy atom. The van der Waals surface area contributed by atoms with Crippen LogP contribution >= 0.6 is 0 Å². The number of fused-ring (bicyclic) bond motifs is 1. The molecule has 0 bridgehead atoms. The minimum absolute atomic E-state index is 0.103. The number of hydrogen-bond acceptors (Lipinski definition) is 3. The second-order valence-electron chi connectivity index (χ2n) is 6.99. The van der Waals surface area contributed by atoms with Crippen molar-refractivity contribution in [2.24, 2.45) is 4.99 Å². The minimum atomic E-state index is -0.352. The summed E-state index contributed by atoms with van der Waals surface area (Å²) in [4.78, 5) is 17.1. The smallest absolute Gasteiger partial charge is 0.251 e. The number of carbonyl (C=O) groups is 1. The van der Waals surface area contributed by atoms with E-state index in [1.54, 1.807) is 0 Å². The highest BCUT2D eigenvalue weighted by molar-refractivity contribution is 6.16. The van der Waals surface area contributed by atoms with Crippen LogP contribution in [0, 0.1) is 5.82 Å². The fourth-order valence-electron chi connectivity index (χ4n) is 3.44. The molecule has 29 heavy (non-hydrogen) atoms. The Balaban J connectivity index is 1.44. The summed E-state index contributed by atoms with van der Waals surface area (Å²) in [5.41, 5.74) is 4.65. The third kappa shape index (κ3) is 4.51. The molecular weight excluding hydrogens is 365 g/mol. The zero-order valence-electron chi connectivity index (χ0n) is 15.9. The summed E-state index contributed by atoms with van der Waals surface area (Å²) in [6, 6.07) is 24.0. The number of para-hydroxylation sites is 1. The molecule has 1 amide bonds. The fourth-order valence-corrected chi connectivity index (χ4v) is 3.44. The largest absolute Gasteiger partial charge is 0.380 e. The predicted molar refractivity (Wildman–Crippen MR) is 114 cm³/mol. The Labute approximate surface area is 169 Å². The molecule has 2 N–H and O–H groups in total. The molecular formula is C24H22FN3O. The van der Waals surface area contributed by atoms with Gasteiger partial charge in [0.2, 0.25) is 0 Å². The highest BCUT2D eigenvalue weighted by Crippen LogP contribution is 2.24. The summed E-state index contributed by atoms with van der Waals surface area (Å²) < 4.78 is 13.0. The molecule has 0 radical (unpaired) electrons. The lowest BCUT2D eigenvalue weighted by molar-refractivity contribution is 0.0953. The molecule has 0 saturated carbocycles. The molecule has 0 saturated heterocycles. The lowest BCUT2D eigenvalue weighted by Gasteiger charge is -2.17. The second-order valence-corrected chi connectivity index (χ2v) is 6.99. The van der Waals surface area contributed by atoms with Crippen LogP contribution in [-0.2, 0) is 0 Å². The number of halogens is 1. The van der Waals surface area contributed by atoms with E-state index in [9.17, 15) is 9.18 Å². The maximum atomic E-state index is 13.0. The zero-order chi connectivity index (χ0) is 20.1. The molecule has 5 heteroatoms. The molecule has 1 heterocycles. The van der Waals surface area contributed by atoms with Crippen molar-refractivity contribution in [3.05, 3.63) is 101 Å². The van der Waals surface area contributed by atoms with E-state index in [2.05, 4.69) is 34.9 Å². The standard InChI is InChI=1S/C24H22FN3O/c25-19-12-10-18(11-13-19)24(29)26-15-14-20-16-27-23(17-6-2-1-3-7-17)21-8-4-5-9-22(21)28-20/h1-13,20,28H,14-16H2,(H,26,29). The third-order valence-corrected chi connectivity index (χ3v) is 4.94. The lowest BCUT2D eigenvalue weighted by atomic mass is 10.0. The quantitative estimate of drug-likeness (QED) is 0.687. The van der Waals surface area contributed by atoms with Gasteiger partial charge in [-0.05, 0) is 36.8 Å². The highest BCUT2D eigenvalue weighted by Gasteiger charge is 2.19. The molecule has 1 aliphatic rings. The first-order chi connectivity index (χ1) is 14.2. The van der Waals surface area contributed by atoms with Crippen molar-refractivity contribution in [2.45, 2.75) is 12.5 Å². The monoisotopic (exact) mass is 387 g/mol. The van der Waals surface area contributed by atoms with Crippen LogP contribution in [0.4, 0.5) is 10.1 Å². The molecule has 0 aromatic heterocycles. The minimum Gasteiger partial charge on any atom is -0.380 e. The Morgan fingerprint density at radius 3 is 2.52 bits per heavy atom. The van der Waals surface area contributed by atoms with Crippen molar-refractivity contribution in [1.29, 1.82) is 0 Å². The van der Waals surface area contributed by atoms with Gasteiger partial charge in [0.15, 0.2) is 0 Å². The summed E-state index contributed by atoms with van der Waals surface area (Å²) in [6.45, 7) is 1.12. The number of benzodiazepines with no additional fused rings is 1. The van der Waals surface area contributed by atoms with Gasteiger partial charge < -0.3 is 10.6 Å². The predicted octanol–water partition coefficient (Wildman–Crippen LogP) is 4.28. The number of nitrogens with one attached hydrogen (secondary N) is 2. The van der Waals surface area contributed by atoms with Crippen LogP contribution in [0.3, 0.4) is 0 Å². The van der Waals surface area contributed by atoms with Gasteiger partial charge in [-0.25, -0.2) is 4.39 Å². The van der Waals surface area contributed by atoms with E-state index in [-0.39, 0.29) is 17.8 Å². The molecule has 3 aromatic carbocycles. The molecule has 1 unspecified atom stereocenters. The van der Waals surface area contributed by atoms with Crippen LogP contribution in [0.5, 0.6) is 0 Å². The van der Waals surface area contributed by atoms with Gasteiger partial charge in [-0.3, -0.25) is 9.79 Å². The Bertz CT molecular complexity index is 1020. The van der Waals surface area contributed by atoms with Crippen LogP contribution in [0.15, 0.2) is 83.9 Å². The number of amides is 1. The van der Waals surface area contributed by atoms with E-state index in [0.29, 0.717) is 18.7 Å². The van der Waals surface area contributed by atoms with Gasteiger partial charge >= 0.3 is 0 Å². The number of nitrogens with zero attached hydrogens (tertiary/aromatic N) is 1. The number of anilines is 1. The molecule has 3 aromatic rings. The molecule has 1 aliphatic heterocycles. The first-order valence-electron chi connectivity index (χ1n) is 9.70. The third-order valence-electron chi connectivity index (χ3n) is 4.94. The van der Waals surface area contributed by atoms with Crippen molar-refractivity contribution < 1.29 is 9.18 Å². The first-order valence-corrected chi connectivity index (χ1v) is 9.70. The van der Waals surface area contributed by atoms with E-state index >= 15 is 0 Å². The van der Waals surface area contributed by atoms with Gasteiger partial charge in [0.1, 0.15) is 5.82 Å². The van der Waals surface area contributed by atoms with Crippen LogP contribution < -0.4 is 10.6 Å². The summed E-state index contributed by atoms with van der Waals surface area (Å²) in [6.07, 6.45) is 0.729. The SMILES string of the molecule is O=C(NCCC1CN=C(c2ccccc2)c2ccccc2N1)c1ccc(F)cc1. The molecule has 1 atom stereocenters. The molecule has 0 fully saturated rings. The molecule has 4 nitrogen and oxygen atoms in total. The van der Waals surface area contributed by atoms with Crippen LogP contribution in [0.2, 0.25) is 0 Å². The number of benzene rings is 3. The molecule has 0 spiro atoms. The van der Waals surface area contributed by atoms with Gasteiger partial charge in [-0.2, -0.15) is 0 Å². The van der Waals surface area contributed by atoms with E-state index in [1.807, 2.05) is 30.3 Å². The zero-order valence-corrected chi connectivity index (χ0v) is 15.9. The summed E-state index contributed by atoms with van der Waals surface area (Å²) >= 11 is 0. The fraction of sp³-hybridized carbons (Fsp3) is 0.167.